The molecule has 1 atom stereocenters. The lowest BCUT2D eigenvalue weighted by molar-refractivity contribution is -0.145. The van der Waals surface area contributed by atoms with Crippen molar-refractivity contribution >= 4 is 5.97 Å². The Hall–Kier alpha value is -2.49. The lowest BCUT2D eigenvalue weighted by Gasteiger charge is -2.17. The van der Waals surface area contributed by atoms with Crippen molar-refractivity contribution in [3.05, 3.63) is 59.2 Å². The highest BCUT2D eigenvalue weighted by Gasteiger charge is 2.21. The van der Waals surface area contributed by atoms with E-state index in [1.165, 1.54) is 7.11 Å². The van der Waals surface area contributed by atoms with Gasteiger partial charge in [0.2, 0.25) is 0 Å². The van der Waals surface area contributed by atoms with Crippen LogP contribution in [0.3, 0.4) is 0 Å². The molecular weight excluding hydrogens is 280 g/mol. The van der Waals surface area contributed by atoms with Crippen LogP contribution in [-0.4, -0.2) is 24.3 Å². The minimum absolute atomic E-state index is 0.301. The maximum Gasteiger partial charge on any atom is 0.345 e. The van der Waals surface area contributed by atoms with Crippen LogP contribution in [0.2, 0.25) is 0 Å². The zero-order chi connectivity index (χ0) is 16.1. The van der Waals surface area contributed by atoms with Crippen LogP contribution in [-0.2, 0) is 11.2 Å². The Morgan fingerprint density at radius 3 is 2.23 bits per heavy atom. The van der Waals surface area contributed by atoms with Crippen molar-refractivity contribution in [1.29, 1.82) is 0 Å². The van der Waals surface area contributed by atoms with Gasteiger partial charge in [-0.2, -0.15) is 0 Å². The minimum Gasteiger partial charge on any atom is -0.493 e. The van der Waals surface area contributed by atoms with Gasteiger partial charge in [-0.1, -0.05) is 41.5 Å². The average molecular weight is 300 g/mol. The number of methoxy groups -OCH3 is 1. The van der Waals surface area contributed by atoms with Crippen molar-refractivity contribution in [2.24, 2.45) is 0 Å². The highest BCUT2D eigenvalue weighted by Crippen LogP contribution is 2.27. The average Bonchev–Trinajstić information content (AvgIpc) is 2.46. The van der Waals surface area contributed by atoms with E-state index in [2.05, 4.69) is 6.07 Å². The van der Waals surface area contributed by atoms with Crippen molar-refractivity contribution in [2.75, 3.05) is 7.11 Å². The Balaban J connectivity index is 2.21. The Morgan fingerprint density at radius 2 is 1.68 bits per heavy atom. The van der Waals surface area contributed by atoms with E-state index >= 15 is 0 Å². The largest absolute Gasteiger partial charge is 0.493 e. The fourth-order valence-corrected chi connectivity index (χ4v) is 2.45. The molecule has 2 aromatic rings. The fraction of sp³-hybridized carbons (Fsp3) is 0.278. The molecule has 0 saturated heterocycles. The van der Waals surface area contributed by atoms with Crippen LogP contribution in [0.1, 0.15) is 16.7 Å². The van der Waals surface area contributed by atoms with Gasteiger partial charge in [-0.3, -0.25) is 0 Å². The number of aliphatic carboxylic acids is 1. The molecule has 22 heavy (non-hydrogen) atoms. The molecule has 0 spiro atoms. The standard InChI is InChI=1S/C18H20O4/c1-12-8-13(2)10-14(9-12)11-17(18(19)20)22-16-7-5-4-6-15(16)21-3/h4-10,17H,11H2,1-3H3,(H,19,20)/t17-/m1/s1. The quantitative estimate of drug-likeness (QED) is 0.888. The van der Waals surface area contributed by atoms with Crippen molar-refractivity contribution in [1.82, 2.24) is 0 Å². The molecule has 0 heterocycles. The molecule has 0 aliphatic rings. The third-order valence-corrected chi connectivity index (χ3v) is 3.32. The van der Waals surface area contributed by atoms with Crippen molar-refractivity contribution < 1.29 is 19.4 Å². The third-order valence-electron chi connectivity index (χ3n) is 3.32. The second-order valence-corrected chi connectivity index (χ2v) is 5.30. The van der Waals surface area contributed by atoms with Gasteiger partial charge in [-0.15, -0.1) is 0 Å². The molecule has 0 unspecified atom stereocenters. The van der Waals surface area contributed by atoms with Gasteiger partial charge in [-0.05, 0) is 31.5 Å². The van der Waals surface area contributed by atoms with Crippen LogP contribution < -0.4 is 9.47 Å². The Labute approximate surface area is 130 Å². The first-order valence-corrected chi connectivity index (χ1v) is 7.09. The lowest BCUT2D eigenvalue weighted by Crippen LogP contribution is -2.29. The lowest BCUT2D eigenvalue weighted by atomic mass is 10.0. The number of carbonyl (C=O) groups is 1. The van der Waals surface area contributed by atoms with Gasteiger partial charge >= 0.3 is 5.97 Å². The fourth-order valence-electron chi connectivity index (χ4n) is 2.45. The summed E-state index contributed by atoms with van der Waals surface area (Å²) < 4.78 is 10.9. The smallest absolute Gasteiger partial charge is 0.345 e. The molecule has 0 bridgehead atoms. The van der Waals surface area contributed by atoms with Gasteiger partial charge in [0.25, 0.3) is 0 Å². The first-order valence-electron chi connectivity index (χ1n) is 7.09. The summed E-state index contributed by atoms with van der Waals surface area (Å²) >= 11 is 0. The van der Waals surface area contributed by atoms with Crippen molar-refractivity contribution in [3.63, 3.8) is 0 Å². The van der Waals surface area contributed by atoms with Gasteiger partial charge in [0.1, 0.15) is 0 Å². The van der Waals surface area contributed by atoms with E-state index in [4.69, 9.17) is 9.47 Å². The number of carboxylic acids is 1. The molecule has 116 valence electrons. The van der Waals surface area contributed by atoms with Crippen LogP contribution in [0.15, 0.2) is 42.5 Å². The summed E-state index contributed by atoms with van der Waals surface area (Å²) in [5.41, 5.74) is 3.16. The number of hydrogen-bond acceptors (Lipinski definition) is 3. The molecule has 4 nitrogen and oxygen atoms in total. The van der Waals surface area contributed by atoms with Gasteiger partial charge in [0.05, 0.1) is 7.11 Å². The minimum atomic E-state index is -0.995. The summed E-state index contributed by atoms with van der Waals surface area (Å²) in [6, 6.07) is 13.1. The third kappa shape index (κ3) is 4.01. The second-order valence-electron chi connectivity index (χ2n) is 5.30. The normalized spacial score (nSPS) is 11.8. The molecule has 0 saturated carbocycles. The molecule has 0 radical (unpaired) electrons. The van der Waals surface area contributed by atoms with Gasteiger partial charge < -0.3 is 14.6 Å². The number of hydrogen-bond donors (Lipinski definition) is 1. The summed E-state index contributed by atoms with van der Waals surface area (Å²) in [7, 11) is 1.53. The van der Waals surface area contributed by atoms with E-state index in [1.54, 1.807) is 18.2 Å². The first-order chi connectivity index (χ1) is 10.5. The molecule has 2 aromatic carbocycles. The zero-order valence-corrected chi connectivity index (χ0v) is 13.0. The summed E-state index contributed by atoms with van der Waals surface area (Å²) in [5.74, 6) is -0.0407. The molecule has 0 aromatic heterocycles. The van der Waals surface area contributed by atoms with E-state index in [0.29, 0.717) is 17.9 Å². The van der Waals surface area contributed by atoms with Gasteiger partial charge in [0, 0.05) is 6.42 Å². The molecule has 0 amide bonds. The number of para-hydroxylation sites is 2. The van der Waals surface area contributed by atoms with Crippen molar-refractivity contribution in [3.8, 4) is 11.5 Å². The highest BCUT2D eigenvalue weighted by molar-refractivity contribution is 5.73. The number of ether oxygens (including phenoxy) is 2. The highest BCUT2D eigenvalue weighted by atomic mass is 16.5. The second kappa shape index (κ2) is 6.98. The van der Waals surface area contributed by atoms with E-state index < -0.39 is 12.1 Å². The molecule has 1 N–H and O–H groups in total. The molecule has 4 heteroatoms. The summed E-state index contributed by atoms with van der Waals surface area (Å²) in [6.07, 6.45) is -0.659. The first kappa shape index (κ1) is 15.9. The van der Waals surface area contributed by atoms with Crippen LogP contribution in [0.5, 0.6) is 11.5 Å². The van der Waals surface area contributed by atoms with Crippen LogP contribution in [0.25, 0.3) is 0 Å². The van der Waals surface area contributed by atoms with E-state index in [0.717, 1.165) is 16.7 Å². The monoisotopic (exact) mass is 300 g/mol. The van der Waals surface area contributed by atoms with Crippen molar-refractivity contribution in [2.45, 2.75) is 26.4 Å². The van der Waals surface area contributed by atoms with Crippen LogP contribution >= 0.6 is 0 Å². The maximum atomic E-state index is 11.5. The predicted molar refractivity (Wildman–Crippen MR) is 84.7 cm³/mol. The number of benzene rings is 2. The van der Waals surface area contributed by atoms with Gasteiger partial charge in [-0.25, -0.2) is 4.79 Å². The number of aryl methyl sites for hydroxylation is 2. The maximum absolute atomic E-state index is 11.5. The molecule has 0 aliphatic carbocycles. The Morgan fingerprint density at radius 1 is 1.09 bits per heavy atom. The Kier molecular flexibility index (Phi) is 5.04. The van der Waals surface area contributed by atoms with Crippen LogP contribution in [0.4, 0.5) is 0 Å². The molecule has 2 rings (SSSR count). The summed E-state index contributed by atoms with van der Waals surface area (Å²) in [4.78, 5) is 11.5. The number of rotatable bonds is 6. The van der Waals surface area contributed by atoms with E-state index in [-0.39, 0.29) is 0 Å². The molecular formula is C18H20O4. The molecule has 0 aliphatic heterocycles. The number of carboxylic acid groups (broad SMARTS) is 1. The van der Waals surface area contributed by atoms with E-state index in [1.807, 2.05) is 32.0 Å². The Bertz CT molecular complexity index is 644. The molecule has 0 fully saturated rings. The zero-order valence-electron chi connectivity index (χ0n) is 13.0. The summed E-state index contributed by atoms with van der Waals surface area (Å²) in [6.45, 7) is 3.99. The topological polar surface area (TPSA) is 55.8 Å². The predicted octanol–water partition coefficient (Wildman–Crippen LogP) is 3.39. The van der Waals surface area contributed by atoms with Gasteiger partial charge in [0.15, 0.2) is 17.6 Å². The van der Waals surface area contributed by atoms with E-state index in [9.17, 15) is 9.90 Å². The van der Waals surface area contributed by atoms with Crippen LogP contribution in [0, 0.1) is 13.8 Å². The SMILES string of the molecule is COc1ccccc1O[C@H](Cc1cc(C)cc(C)c1)C(=O)O. The summed E-state index contributed by atoms with van der Waals surface area (Å²) in [5, 5.41) is 9.43.